The third kappa shape index (κ3) is 5.76. The fraction of sp³-hybridized carbons (Fsp3) is 0.385. The van der Waals surface area contributed by atoms with Crippen LogP contribution in [0.1, 0.15) is 13.8 Å². The van der Waals surface area contributed by atoms with Crippen molar-refractivity contribution in [3.05, 3.63) is 24.3 Å². The summed E-state index contributed by atoms with van der Waals surface area (Å²) in [6.45, 7) is 4.27. The molecule has 1 aromatic rings. The first-order chi connectivity index (χ1) is 9.15. The van der Waals surface area contributed by atoms with Crippen LogP contribution in [0.15, 0.2) is 24.3 Å². The van der Waals surface area contributed by atoms with Gasteiger partial charge in [-0.05, 0) is 26.0 Å². The van der Waals surface area contributed by atoms with E-state index in [1.165, 1.54) is 0 Å². The molecule has 0 aliphatic rings. The predicted octanol–water partition coefficient (Wildman–Crippen LogP) is 1.77. The minimum absolute atomic E-state index is 0.162. The van der Waals surface area contributed by atoms with Gasteiger partial charge in [0.05, 0.1) is 13.2 Å². The number of carbonyl (C=O) groups is 2. The number of benzene rings is 1. The van der Waals surface area contributed by atoms with E-state index in [0.717, 1.165) is 0 Å². The van der Waals surface area contributed by atoms with Crippen LogP contribution in [-0.4, -0.2) is 31.8 Å². The number of carbonyl (C=O) groups excluding carboxylic acids is 2. The highest BCUT2D eigenvalue weighted by Crippen LogP contribution is 2.16. The molecule has 0 aliphatic carbocycles. The van der Waals surface area contributed by atoms with Gasteiger partial charge in [0, 0.05) is 11.8 Å². The highest BCUT2D eigenvalue weighted by Gasteiger charge is 2.06. The van der Waals surface area contributed by atoms with E-state index in [9.17, 15) is 9.59 Å². The third-order valence-corrected chi connectivity index (χ3v) is 2.10. The van der Waals surface area contributed by atoms with Crippen molar-refractivity contribution in [2.75, 3.05) is 25.1 Å². The van der Waals surface area contributed by atoms with Crippen LogP contribution in [0.25, 0.3) is 0 Å². The van der Waals surface area contributed by atoms with Crippen LogP contribution < -0.4 is 15.4 Å². The molecule has 1 rings (SSSR count). The van der Waals surface area contributed by atoms with Gasteiger partial charge in [-0.3, -0.25) is 4.79 Å². The van der Waals surface area contributed by atoms with Gasteiger partial charge >= 0.3 is 12.0 Å². The molecular formula is C13H18N2O4. The standard InChI is InChI=1S/C13H18N2O4/c1-3-18-11-7-5-6-10(8-11)15-13(17)14-9-12(16)19-4-2/h5-8H,3-4,9H2,1-2H3,(H2,14,15,17). The second-order valence-corrected chi connectivity index (χ2v) is 3.57. The average molecular weight is 266 g/mol. The Bertz CT molecular complexity index is 434. The van der Waals surface area contributed by atoms with Crippen LogP contribution in [0.5, 0.6) is 5.75 Å². The van der Waals surface area contributed by atoms with Crippen molar-refractivity contribution in [1.82, 2.24) is 5.32 Å². The van der Waals surface area contributed by atoms with Gasteiger partial charge < -0.3 is 20.1 Å². The fourth-order valence-corrected chi connectivity index (χ4v) is 1.37. The zero-order valence-corrected chi connectivity index (χ0v) is 11.1. The highest BCUT2D eigenvalue weighted by atomic mass is 16.5. The lowest BCUT2D eigenvalue weighted by molar-refractivity contribution is -0.141. The number of hydrogen-bond donors (Lipinski definition) is 2. The van der Waals surface area contributed by atoms with Crippen molar-refractivity contribution in [2.24, 2.45) is 0 Å². The maximum Gasteiger partial charge on any atom is 0.325 e. The molecule has 0 saturated heterocycles. The van der Waals surface area contributed by atoms with Gasteiger partial charge in [-0.2, -0.15) is 0 Å². The van der Waals surface area contributed by atoms with Crippen molar-refractivity contribution in [1.29, 1.82) is 0 Å². The second-order valence-electron chi connectivity index (χ2n) is 3.57. The number of anilines is 1. The van der Waals surface area contributed by atoms with E-state index in [1.54, 1.807) is 31.2 Å². The van der Waals surface area contributed by atoms with Crippen LogP contribution in [0.2, 0.25) is 0 Å². The van der Waals surface area contributed by atoms with Gasteiger partial charge in [-0.15, -0.1) is 0 Å². The summed E-state index contributed by atoms with van der Waals surface area (Å²) in [5.41, 5.74) is 0.590. The monoisotopic (exact) mass is 266 g/mol. The molecule has 6 heteroatoms. The summed E-state index contributed by atoms with van der Waals surface area (Å²) in [6.07, 6.45) is 0. The molecule has 0 heterocycles. The van der Waals surface area contributed by atoms with Gasteiger partial charge in [0.2, 0.25) is 0 Å². The largest absolute Gasteiger partial charge is 0.494 e. The van der Waals surface area contributed by atoms with E-state index in [0.29, 0.717) is 24.7 Å². The van der Waals surface area contributed by atoms with Crippen molar-refractivity contribution in [3.63, 3.8) is 0 Å². The molecule has 2 amide bonds. The molecule has 0 aromatic heterocycles. The molecule has 2 N–H and O–H groups in total. The van der Waals surface area contributed by atoms with E-state index in [4.69, 9.17) is 9.47 Å². The molecule has 0 radical (unpaired) electrons. The van der Waals surface area contributed by atoms with E-state index in [-0.39, 0.29) is 6.54 Å². The molecule has 0 spiro atoms. The summed E-state index contributed by atoms with van der Waals surface area (Å²) in [5.74, 6) is 0.200. The molecular weight excluding hydrogens is 248 g/mol. The van der Waals surface area contributed by atoms with Crippen LogP contribution in [-0.2, 0) is 9.53 Å². The molecule has 0 aliphatic heterocycles. The normalized spacial score (nSPS) is 9.58. The third-order valence-electron chi connectivity index (χ3n) is 2.10. The number of esters is 1. The Morgan fingerprint density at radius 3 is 2.68 bits per heavy atom. The van der Waals surface area contributed by atoms with E-state index in [1.807, 2.05) is 6.92 Å². The number of amides is 2. The maximum atomic E-state index is 11.5. The minimum Gasteiger partial charge on any atom is -0.494 e. The number of rotatable bonds is 6. The number of hydrogen-bond acceptors (Lipinski definition) is 4. The first-order valence-corrected chi connectivity index (χ1v) is 6.09. The molecule has 0 atom stereocenters. The lowest BCUT2D eigenvalue weighted by Crippen LogP contribution is -2.34. The SMILES string of the molecule is CCOC(=O)CNC(=O)Nc1cccc(OCC)c1. The quantitative estimate of drug-likeness (QED) is 0.769. The van der Waals surface area contributed by atoms with Gasteiger partial charge in [0.1, 0.15) is 12.3 Å². The van der Waals surface area contributed by atoms with E-state index < -0.39 is 12.0 Å². The number of urea groups is 1. The van der Waals surface area contributed by atoms with Crippen molar-refractivity contribution < 1.29 is 19.1 Å². The van der Waals surface area contributed by atoms with Gasteiger partial charge in [-0.1, -0.05) is 6.07 Å². The summed E-state index contributed by atoms with van der Waals surface area (Å²) in [5, 5.41) is 5.00. The Morgan fingerprint density at radius 1 is 1.21 bits per heavy atom. The molecule has 0 bridgehead atoms. The van der Waals surface area contributed by atoms with E-state index in [2.05, 4.69) is 10.6 Å². The Hall–Kier alpha value is -2.24. The summed E-state index contributed by atoms with van der Waals surface area (Å²) in [7, 11) is 0. The lowest BCUT2D eigenvalue weighted by atomic mass is 10.3. The topological polar surface area (TPSA) is 76.7 Å². The first-order valence-electron chi connectivity index (χ1n) is 6.09. The zero-order chi connectivity index (χ0) is 14.1. The summed E-state index contributed by atoms with van der Waals surface area (Å²) < 4.78 is 10.0. The minimum atomic E-state index is -0.472. The Kier molecular flexibility index (Phi) is 6.21. The number of ether oxygens (including phenoxy) is 2. The van der Waals surface area contributed by atoms with E-state index >= 15 is 0 Å². The van der Waals surface area contributed by atoms with Crippen molar-refractivity contribution >= 4 is 17.7 Å². The molecule has 0 unspecified atom stereocenters. The molecule has 0 saturated carbocycles. The first kappa shape index (κ1) is 14.8. The highest BCUT2D eigenvalue weighted by molar-refractivity contribution is 5.91. The van der Waals surface area contributed by atoms with Crippen molar-refractivity contribution in [3.8, 4) is 5.75 Å². The molecule has 104 valence electrons. The van der Waals surface area contributed by atoms with Crippen molar-refractivity contribution in [2.45, 2.75) is 13.8 Å². The zero-order valence-electron chi connectivity index (χ0n) is 11.1. The number of nitrogens with one attached hydrogen (secondary N) is 2. The van der Waals surface area contributed by atoms with Crippen LogP contribution in [0.4, 0.5) is 10.5 Å². The molecule has 6 nitrogen and oxygen atoms in total. The Balaban J connectivity index is 2.43. The molecule has 1 aromatic carbocycles. The summed E-state index contributed by atoms with van der Waals surface area (Å²) in [4.78, 5) is 22.6. The Morgan fingerprint density at radius 2 is 2.00 bits per heavy atom. The molecule has 19 heavy (non-hydrogen) atoms. The van der Waals surface area contributed by atoms with Crippen LogP contribution >= 0.6 is 0 Å². The van der Waals surface area contributed by atoms with Gasteiger partial charge in [0.25, 0.3) is 0 Å². The summed E-state index contributed by atoms with van der Waals surface area (Å²) >= 11 is 0. The average Bonchev–Trinajstić information content (AvgIpc) is 2.38. The smallest absolute Gasteiger partial charge is 0.325 e. The fourth-order valence-electron chi connectivity index (χ4n) is 1.37. The maximum absolute atomic E-state index is 11.5. The van der Waals surface area contributed by atoms with Gasteiger partial charge in [0.15, 0.2) is 0 Å². The summed E-state index contributed by atoms with van der Waals surface area (Å²) in [6, 6.07) is 6.53. The predicted molar refractivity (Wildman–Crippen MR) is 71.3 cm³/mol. The lowest BCUT2D eigenvalue weighted by Gasteiger charge is -2.09. The van der Waals surface area contributed by atoms with Crippen LogP contribution in [0, 0.1) is 0 Å². The Labute approximate surface area is 112 Å². The van der Waals surface area contributed by atoms with Gasteiger partial charge in [-0.25, -0.2) is 4.79 Å². The van der Waals surface area contributed by atoms with Crippen LogP contribution in [0.3, 0.4) is 0 Å². The second kappa shape index (κ2) is 7.97. The molecule has 0 fully saturated rings.